The highest BCUT2D eigenvalue weighted by Gasteiger charge is 2.32. The molecule has 5 heteroatoms. The quantitative estimate of drug-likeness (QED) is 0.816. The van der Waals surface area contributed by atoms with Gasteiger partial charge in [-0.3, -0.25) is 0 Å². The molecule has 0 saturated carbocycles. The maximum absolute atomic E-state index is 11.2. The molecule has 1 atom stereocenters. The maximum Gasteiger partial charge on any atom is 0.335 e. The molecule has 112 valence electrons. The smallest absolute Gasteiger partial charge is 0.335 e. The molecule has 0 spiro atoms. The molecule has 0 amide bonds. The number of hydrogen-bond acceptors (Lipinski definition) is 3. The average molecular weight is 298 g/mol. The molecule has 22 heavy (non-hydrogen) atoms. The van der Waals surface area contributed by atoms with Crippen molar-refractivity contribution in [1.82, 2.24) is 0 Å². The number of benzene rings is 1. The van der Waals surface area contributed by atoms with E-state index in [1.54, 1.807) is 12.2 Å². The van der Waals surface area contributed by atoms with Gasteiger partial charge in [-0.15, -0.1) is 6.42 Å². The molecule has 2 rings (SSSR count). The Hall–Kier alpha value is -2.84. The first-order chi connectivity index (χ1) is 10.5. The van der Waals surface area contributed by atoms with E-state index in [9.17, 15) is 19.8 Å². The summed E-state index contributed by atoms with van der Waals surface area (Å²) in [7, 11) is 0. The lowest BCUT2D eigenvalue weighted by Gasteiger charge is -2.31. The van der Waals surface area contributed by atoms with E-state index in [2.05, 4.69) is 5.92 Å². The van der Waals surface area contributed by atoms with Crippen LogP contribution in [0.5, 0.6) is 0 Å². The molecular weight excluding hydrogens is 284 g/mol. The molecule has 0 saturated heterocycles. The van der Waals surface area contributed by atoms with Crippen LogP contribution in [0.3, 0.4) is 0 Å². The Morgan fingerprint density at radius 3 is 2.27 bits per heavy atom. The first kappa shape index (κ1) is 15.5. The summed E-state index contributed by atoms with van der Waals surface area (Å²) in [5, 5.41) is 18.4. The molecule has 1 aromatic rings. The minimum Gasteiger partial charge on any atom is -0.478 e. The highest BCUT2D eigenvalue weighted by Crippen LogP contribution is 2.35. The monoisotopic (exact) mass is 298 g/mol. The van der Waals surface area contributed by atoms with Crippen molar-refractivity contribution in [2.45, 2.75) is 12.0 Å². The van der Waals surface area contributed by atoms with Crippen LogP contribution in [0.4, 0.5) is 0 Å². The number of rotatable bonds is 5. The third-order valence-electron chi connectivity index (χ3n) is 3.36. The number of carbonyl (C=O) groups is 2. The van der Waals surface area contributed by atoms with Gasteiger partial charge in [0.15, 0.2) is 0 Å². The van der Waals surface area contributed by atoms with E-state index in [0.29, 0.717) is 12.0 Å². The SMILES string of the molecule is C#CCOC1(c2cc(C(=O)O)cc(C(=O)O)c2)C=CC=CC1. The standard InChI is InChI=1S/C17H14O5/c1-2-8-22-17(6-4-3-5-7-17)14-10-12(15(18)19)9-13(11-14)16(20)21/h1,3-6,9-11H,7-8H2,(H,18,19)(H,20,21). The molecule has 0 aliphatic heterocycles. The predicted octanol–water partition coefficient (Wildman–Crippen LogP) is 2.44. The van der Waals surface area contributed by atoms with E-state index in [1.807, 2.05) is 12.2 Å². The number of carboxylic acid groups (broad SMARTS) is 2. The molecule has 0 heterocycles. The van der Waals surface area contributed by atoms with Crippen LogP contribution in [-0.2, 0) is 10.3 Å². The van der Waals surface area contributed by atoms with Gasteiger partial charge in [-0.2, -0.15) is 0 Å². The van der Waals surface area contributed by atoms with Gasteiger partial charge in [0.1, 0.15) is 12.2 Å². The average Bonchev–Trinajstić information content (AvgIpc) is 2.53. The normalized spacial score (nSPS) is 19.6. The van der Waals surface area contributed by atoms with Gasteiger partial charge in [-0.05, 0) is 29.8 Å². The molecular formula is C17H14O5. The number of ether oxygens (including phenoxy) is 1. The lowest BCUT2D eigenvalue weighted by molar-refractivity contribution is 0.00923. The number of terminal acetylenes is 1. The van der Waals surface area contributed by atoms with E-state index < -0.39 is 17.5 Å². The van der Waals surface area contributed by atoms with Gasteiger partial charge in [-0.1, -0.05) is 24.1 Å². The van der Waals surface area contributed by atoms with Crippen LogP contribution in [0, 0.1) is 12.3 Å². The molecule has 0 fully saturated rings. The summed E-state index contributed by atoms with van der Waals surface area (Å²) in [6.45, 7) is 0.0257. The van der Waals surface area contributed by atoms with Gasteiger partial charge in [0.25, 0.3) is 0 Å². The zero-order chi connectivity index (χ0) is 16.2. The van der Waals surface area contributed by atoms with Crippen molar-refractivity contribution in [3.8, 4) is 12.3 Å². The molecule has 0 bridgehead atoms. The lowest BCUT2D eigenvalue weighted by atomic mass is 9.85. The van der Waals surface area contributed by atoms with Gasteiger partial charge in [0, 0.05) is 6.42 Å². The second kappa shape index (κ2) is 6.29. The lowest BCUT2D eigenvalue weighted by Crippen LogP contribution is -2.29. The molecule has 1 aromatic carbocycles. The fourth-order valence-corrected chi connectivity index (χ4v) is 2.29. The van der Waals surface area contributed by atoms with E-state index in [0.717, 1.165) is 6.07 Å². The fourth-order valence-electron chi connectivity index (χ4n) is 2.29. The Balaban J connectivity index is 2.58. The highest BCUT2D eigenvalue weighted by atomic mass is 16.5. The van der Waals surface area contributed by atoms with Gasteiger partial charge in [0.05, 0.1) is 11.1 Å². The number of aromatic carboxylic acids is 2. The third kappa shape index (κ3) is 3.08. The molecule has 1 unspecified atom stereocenters. The van der Waals surface area contributed by atoms with Crippen LogP contribution >= 0.6 is 0 Å². The minimum atomic E-state index is -1.20. The van der Waals surface area contributed by atoms with Gasteiger partial charge in [-0.25, -0.2) is 9.59 Å². The second-order valence-electron chi connectivity index (χ2n) is 4.78. The van der Waals surface area contributed by atoms with Crippen molar-refractivity contribution in [1.29, 1.82) is 0 Å². The van der Waals surface area contributed by atoms with E-state index in [1.165, 1.54) is 12.1 Å². The predicted molar refractivity (Wildman–Crippen MR) is 79.7 cm³/mol. The second-order valence-corrected chi connectivity index (χ2v) is 4.78. The van der Waals surface area contributed by atoms with E-state index in [4.69, 9.17) is 11.2 Å². The topological polar surface area (TPSA) is 83.8 Å². The molecule has 1 aliphatic carbocycles. The molecule has 0 radical (unpaired) electrons. The molecule has 0 aromatic heterocycles. The highest BCUT2D eigenvalue weighted by molar-refractivity contribution is 5.94. The summed E-state index contributed by atoms with van der Waals surface area (Å²) in [6.07, 6.45) is 12.9. The van der Waals surface area contributed by atoms with Crippen LogP contribution in [0.2, 0.25) is 0 Å². The molecule has 1 aliphatic rings. The van der Waals surface area contributed by atoms with Crippen molar-refractivity contribution in [3.63, 3.8) is 0 Å². The molecule has 2 N–H and O–H groups in total. The van der Waals surface area contributed by atoms with Crippen LogP contribution in [0.15, 0.2) is 42.5 Å². The number of carboxylic acids is 2. The van der Waals surface area contributed by atoms with Crippen molar-refractivity contribution in [2.24, 2.45) is 0 Å². The van der Waals surface area contributed by atoms with Crippen LogP contribution in [-0.4, -0.2) is 28.8 Å². The minimum absolute atomic E-state index is 0.0257. The summed E-state index contributed by atoms with van der Waals surface area (Å²) in [6, 6.07) is 3.94. The summed E-state index contributed by atoms with van der Waals surface area (Å²) in [5.74, 6) is -0.0327. The van der Waals surface area contributed by atoms with Crippen LogP contribution in [0.25, 0.3) is 0 Å². The summed E-state index contributed by atoms with van der Waals surface area (Å²) in [5.41, 5.74) is -0.736. The van der Waals surface area contributed by atoms with Gasteiger partial charge >= 0.3 is 11.9 Å². The van der Waals surface area contributed by atoms with E-state index >= 15 is 0 Å². The third-order valence-corrected chi connectivity index (χ3v) is 3.36. The first-order valence-corrected chi connectivity index (χ1v) is 6.52. The Kier molecular flexibility index (Phi) is 4.44. The maximum atomic E-state index is 11.2. The Morgan fingerprint density at radius 2 is 1.82 bits per heavy atom. The van der Waals surface area contributed by atoms with Gasteiger partial charge < -0.3 is 14.9 Å². The van der Waals surface area contributed by atoms with E-state index in [-0.39, 0.29) is 17.7 Å². The Bertz CT molecular complexity index is 676. The fraction of sp³-hybridized carbons (Fsp3) is 0.176. The van der Waals surface area contributed by atoms with Crippen LogP contribution in [0.1, 0.15) is 32.7 Å². The van der Waals surface area contributed by atoms with Crippen LogP contribution < -0.4 is 0 Å². The summed E-state index contributed by atoms with van der Waals surface area (Å²) >= 11 is 0. The summed E-state index contributed by atoms with van der Waals surface area (Å²) < 4.78 is 5.72. The molecule has 5 nitrogen and oxygen atoms in total. The van der Waals surface area contributed by atoms with Gasteiger partial charge in [0.2, 0.25) is 0 Å². The van der Waals surface area contributed by atoms with Crippen molar-refractivity contribution in [2.75, 3.05) is 6.61 Å². The van der Waals surface area contributed by atoms with Crippen molar-refractivity contribution in [3.05, 3.63) is 59.2 Å². The number of allylic oxidation sites excluding steroid dienone is 2. The number of hydrogen-bond donors (Lipinski definition) is 2. The summed E-state index contributed by atoms with van der Waals surface area (Å²) in [4.78, 5) is 22.5. The zero-order valence-electron chi connectivity index (χ0n) is 11.7. The van der Waals surface area contributed by atoms with Crippen molar-refractivity contribution >= 4 is 11.9 Å². The largest absolute Gasteiger partial charge is 0.478 e. The van der Waals surface area contributed by atoms with Crippen molar-refractivity contribution < 1.29 is 24.5 Å². The Morgan fingerprint density at radius 1 is 1.18 bits per heavy atom. The zero-order valence-corrected chi connectivity index (χ0v) is 11.7. The Labute approximate surface area is 127 Å². The first-order valence-electron chi connectivity index (χ1n) is 6.52.